The van der Waals surface area contributed by atoms with E-state index in [1.807, 2.05) is 30.3 Å². The molecule has 1 atom stereocenters. The quantitative estimate of drug-likeness (QED) is 0.798. The Morgan fingerprint density at radius 1 is 1.41 bits per heavy atom. The number of hydrogen-bond donors (Lipinski definition) is 2. The van der Waals surface area contributed by atoms with E-state index in [0.717, 1.165) is 10.7 Å². The van der Waals surface area contributed by atoms with Crippen LogP contribution in [0.4, 0.5) is 0 Å². The highest BCUT2D eigenvalue weighted by Gasteiger charge is 2.17. The van der Waals surface area contributed by atoms with Gasteiger partial charge >= 0.3 is 5.97 Å². The van der Waals surface area contributed by atoms with Crippen LogP contribution < -0.4 is 0 Å². The topological polar surface area (TPSA) is 66.0 Å². The van der Waals surface area contributed by atoms with Gasteiger partial charge in [0.2, 0.25) is 0 Å². The fourth-order valence-electron chi connectivity index (χ4n) is 1.50. The van der Waals surface area contributed by atoms with E-state index in [9.17, 15) is 4.79 Å². The third kappa shape index (κ3) is 3.35. The van der Waals surface area contributed by atoms with Gasteiger partial charge in [0.05, 0.1) is 6.42 Å². The molecule has 88 valence electrons. The molecule has 0 saturated carbocycles. The smallest absolute Gasteiger partial charge is 0.304 e. The number of hydrogen-bond acceptors (Lipinski definition) is 3. The third-order valence-electron chi connectivity index (χ3n) is 2.26. The van der Waals surface area contributed by atoms with Crippen molar-refractivity contribution in [2.75, 3.05) is 0 Å². The second kappa shape index (κ2) is 5.54. The summed E-state index contributed by atoms with van der Waals surface area (Å²) in [4.78, 5) is 17.9. The molecule has 1 aromatic heterocycles. The van der Waals surface area contributed by atoms with Crippen molar-refractivity contribution in [2.45, 2.75) is 16.8 Å². The average molecular weight is 248 g/mol. The highest BCUT2D eigenvalue weighted by atomic mass is 32.2. The van der Waals surface area contributed by atoms with Gasteiger partial charge in [-0.25, -0.2) is 4.98 Å². The number of thioether (sulfide) groups is 1. The van der Waals surface area contributed by atoms with Crippen molar-refractivity contribution >= 4 is 17.7 Å². The SMILES string of the molecule is O=C(O)CC(Sc1ncc[nH]1)c1ccccc1. The maximum atomic E-state index is 10.9. The first-order chi connectivity index (χ1) is 8.25. The molecule has 1 heterocycles. The van der Waals surface area contributed by atoms with Gasteiger partial charge in [-0.3, -0.25) is 4.79 Å². The lowest BCUT2D eigenvalue weighted by atomic mass is 10.1. The highest BCUT2D eigenvalue weighted by molar-refractivity contribution is 7.99. The van der Waals surface area contributed by atoms with Crippen molar-refractivity contribution in [1.82, 2.24) is 9.97 Å². The summed E-state index contributed by atoms with van der Waals surface area (Å²) in [7, 11) is 0. The van der Waals surface area contributed by atoms with E-state index in [1.165, 1.54) is 11.8 Å². The number of benzene rings is 1. The molecule has 5 heteroatoms. The maximum absolute atomic E-state index is 10.9. The lowest BCUT2D eigenvalue weighted by Crippen LogP contribution is -2.03. The van der Waals surface area contributed by atoms with Gasteiger partial charge < -0.3 is 10.1 Å². The molecule has 0 fully saturated rings. The molecule has 0 bridgehead atoms. The lowest BCUT2D eigenvalue weighted by molar-refractivity contribution is -0.137. The number of H-pyrrole nitrogens is 1. The van der Waals surface area contributed by atoms with Crippen molar-refractivity contribution in [1.29, 1.82) is 0 Å². The normalized spacial score (nSPS) is 12.2. The van der Waals surface area contributed by atoms with Crippen LogP contribution in [-0.2, 0) is 4.79 Å². The molecule has 0 amide bonds. The average Bonchev–Trinajstić information content (AvgIpc) is 2.82. The number of nitrogens with one attached hydrogen (secondary N) is 1. The molecule has 0 aliphatic carbocycles. The summed E-state index contributed by atoms with van der Waals surface area (Å²) in [6.45, 7) is 0. The van der Waals surface area contributed by atoms with Gasteiger partial charge in [-0.1, -0.05) is 42.1 Å². The molecule has 1 unspecified atom stereocenters. The monoisotopic (exact) mass is 248 g/mol. The molecule has 2 rings (SSSR count). The Balaban J connectivity index is 2.16. The van der Waals surface area contributed by atoms with Crippen LogP contribution >= 0.6 is 11.8 Å². The fraction of sp³-hybridized carbons (Fsp3) is 0.167. The predicted molar refractivity (Wildman–Crippen MR) is 65.9 cm³/mol. The summed E-state index contributed by atoms with van der Waals surface area (Å²) in [6.07, 6.45) is 3.46. The molecule has 17 heavy (non-hydrogen) atoms. The summed E-state index contributed by atoms with van der Waals surface area (Å²) >= 11 is 1.43. The van der Waals surface area contributed by atoms with Crippen molar-refractivity contribution in [2.24, 2.45) is 0 Å². The Kier molecular flexibility index (Phi) is 3.82. The first-order valence-electron chi connectivity index (χ1n) is 5.18. The summed E-state index contributed by atoms with van der Waals surface area (Å²) < 4.78 is 0. The van der Waals surface area contributed by atoms with Crippen LogP contribution in [0.5, 0.6) is 0 Å². The molecular weight excluding hydrogens is 236 g/mol. The van der Waals surface area contributed by atoms with Gasteiger partial charge in [0.15, 0.2) is 5.16 Å². The minimum atomic E-state index is -0.807. The second-order valence-electron chi connectivity index (χ2n) is 3.51. The Labute approximate surface area is 103 Å². The van der Waals surface area contributed by atoms with E-state index >= 15 is 0 Å². The number of rotatable bonds is 5. The van der Waals surface area contributed by atoms with Crippen LogP contribution in [0.25, 0.3) is 0 Å². The second-order valence-corrected chi connectivity index (χ2v) is 4.70. The van der Waals surface area contributed by atoms with Crippen molar-refractivity contribution in [3.8, 4) is 0 Å². The number of aromatic nitrogens is 2. The number of nitrogens with zero attached hydrogens (tertiary/aromatic N) is 1. The Morgan fingerprint density at radius 3 is 2.76 bits per heavy atom. The molecule has 0 spiro atoms. The van der Waals surface area contributed by atoms with Gasteiger partial charge in [0.25, 0.3) is 0 Å². The molecule has 0 radical (unpaired) electrons. The molecule has 1 aromatic carbocycles. The first kappa shape index (κ1) is 11.7. The summed E-state index contributed by atoms with van der Waals surface area (Å²) in [5, 5.41) is 9.54. The number of carboxylic acid groups (broad SMARTS) is 1. The zero-order valence-electron chi connectivity index (χ0n) is 9.04. The maximum Gasteiger partial charge on any atom is 0.304 e. The van der Waals surface area contributed by atoms with Crippen LogP contribution in [0, 0.1) is 0 Å². The van der Waals surface area contributed by atoms with Crippen LogP contribution in [0.15, 0.2) is 47.9 Å². The molecule has 0 aliphatic heterocycles. The van der Waals surface area contributed by atoms with Crippen LogP contribution in [0.1, 0.15) is 17.2 Å². The molecule has 0 saturated heterocycles. The third-order valence-corrected chi connectivity index (χ3v) is 3.43. The summed E-state index contributed by atoms with van der Waals surface area (Å²) in [5.41, 5.74) is 0.997. The van der Waals surface area contributed by atoms with E-state index in [1.54, 1.807) is 12.4 Å². The largest absolute Gasteiger partial charge is 0.481 e. The number of imidazole rings is 1. The van der Waals surface area contributed by atoms with E-state index in [0.29, 0.717) is 0 Å². The van der Waals surface area contributed by atoms with Gasteiger partial charge in [-0.05, 0) is 5.56 Å². The van der Waals surface area contributed by atoms with Gasteiger partial charge in [-0.15, -0.1) is 0 Å². The summed E-state index contributed by atoms with van der Waals surface area (Å²) in [6, 6.07) is 9.60. The van der Waals surface area contributed by atoms with E-state index in [4.69, 9.17) is 5.11 Å². The zero-order valence-corrected chi connectivity index (χ0v) is 9.85. The molecule has 2 aromatic rings. The van der Waals surface area contributed by atoms with Crippen molar-refractivity contribution in [3.05, 3.63) is 48.3 Å². The molecule has 2 N–H and O–H groups in total. The Bertz CT molecular complexity index is 471. The predicted octanol–water partition coefficient (Wildman–Crippen LogP) is 2.72. The zero-order chi connectivity index (χ0) is 12.1. The number of carboxylic acids is 1. The van der Waals surface area contributed by atoms with Crippen LogP contribution in [0.2, 0.25) is 0 Å². The minimum absolute atomic E-state index is 0.0787. The standard InChI is InChI=1S/C12H12N2O2S/c15-11(16)8-10(9-4-2-1-3-5-9)17-12-13-6-7-14-12/h1-7,10H,8H2,(H,13,14)(H,15,16). The highest BCUT2D eigenvalue weighted by Crippen LogP contribution is 2.35. The minimum Gasteiger partial charge on any atom is -0.481 e. The van der Waals surface area contributed by atoms with Crippen LogP contribution in [0.3, 0.4) is 0 Å². The number of aliphatic carboxylic acids is 1. The molecule has 4 nitrogen and oxygen atoms in total. The van der Waals surface area contributed by atoms with Gasteiger partial charge in [-0.2, -0.15) is 0 Å². The summed E-state index contributed by atoms with van der Waals surface area (Å²) in [5.74, 6) is -0.807. The molecule has 0 aliphatic rings. The van der Waals surface area contributed by atoms with Crippen LogP contribution in [-0.4, -0.2) is 21.0 Å². The Hall–Kier alpha value is -1.75. The van der Waals surface area contributed by atoms with Gasteiger partial charge in [0.1, 0.15) is 0 Å². The number of carbonyl (C=O) groups is 1. The van der Waals surface area contributed by atoms with E-state index in [2.05, 4.69) is 9.97 Å². The van der Waals surface area contributed by atoms with Crippen molar-refractivity contribution < 1.29 is 9.90 Å². The van der Waals surface area contributed by atoms with Gasteiger partial charge in [0, 0.05) is 17.6 Å². The first-order valence-corrected chi connectivity index (χ1v) is 6.06. The van der Waals surface area contributed by atoms with E-state index in [-0.39, 0.29) is 11.7 Å². The number of aromatic amines is 1. The van der Waals surface area contributed by atoms with E-state index < -0.39 is 5.97 Å². The fourth-order valence-corrected chi connectivity index (χ4v) is 2.55. The van der Waals surface area contributed by atoms with Crippen molar-refractivity contribution in [3.63, 3.8) is 0 Å². The lowest BCUT2D eigenvalue weighted by Gasteiger charge is -2.13. The molecular formula is C12H12N2O2S. The Morgan fingerprint density at radius 2 is 2.18 bits per heavy atom.